The van der Waals surface area contributed by atoms with E-state index in [1.54, 1.807) is 12.1 Å². The van der Waals surface area contributed by atoms with Gasteiger partial charge in [-0.2, -0.15) is 0 Å². The molecule has 1 heterocycles. The smallest absolute Gasteiger partial charge is 0.226 e. The van der Waals surface area contributed by atoms with E-state index in [1.165, 1.54) is 0 Å². The van der Waals surface area contributed by atoms with Crippen molar-refractivity contribution in [2.75, 3.05) is 13.1 Å². The van der Waals surface area contributed by atoms with Crippen LogP contribution in [-0.2, 0) is 11.2 Å². The lowest BCUT2D eigenvalue weighted by atomic mass is 9.98. The molecule has 0 aliphatic carbocycles. The Bertz CT molecular complexity index is 439. The van der Waals surface area contributed by atoms with Crippen molar-refractivity contribution in [2.45, 2.75) is 26.2 Å². The van der Waals surface area contributed by atoms with Gasteiger partial charge < -0.3 is 4.90 Å². The van der Waals surface area contributed by atoms with Crippen LogP contribution in [0.25, 0.3) is 0 Å². The van der Waals surface area contributed by atoms with Crippen molar-refractivity contribution >= 4 is 29.1 Å². The first-order valence-corrected chi connectivity index (χ1v) is 7.03. The minimum Gasteiger partial charge on any atom is -0.342 e. The number of hydrogen-bond acceptors (Lipinski definition) is 1. The van der Waals surface area contributed by atoms with Gasteiger partial charge in [-0.25, -0.2) is 0 Å². The van der Waals surface area contributed by atoms with Crippen LogP contribution in [0.5, 0.6) is 0 Å². The van der Waals surface area contributed by atoms with Crippen LogP contribution < -0.4 is 0 Å². The summed E-state index contributed by atoms with van der Waals surface area (Å²) in [5.74, 6) is 0.916. The highest BCUT2D eigenvalue weighted by Gasteiger charge is 2.20. The van der Waals surface area contributed by atoms with Gasteiger partial charge in [0.2, 0.25) is 5.91 Å². The summed E-state index contributed by atoms with van der Waals surface area (Å²) in [4.78, 5) is 14.1. The number of halogens is 2. The normalized spacial score (nSPS) is 16.9. The molecule has 0 spiro atoms. The summed E-state index contributed by atoms with van der Waals surface area (Å²) in [5.41, 5.74) is 0.924. The van der Waals surface area contributed by atoms with Gasteiger partial charge in [-0.1, -0.05) is 36.2 Å². The topological polar surface area (TPSA) is 20.3 Å². The Morgan fingerprint density at radius 1 is 1.28 bits per heavy atom. The summed E-state index contributed by atoms with van der Waals surface area (Å²) in [6, 6.07) is 5.37. The van der Waals surface area contributed by atoms with Gasteiger partial charge in [-0.3, -0.25) is 4.79 Å². The Morgan fingerprint density at radius 3 is 2.56 bits per heavy atom. The molecule has 2 rings (SSSR count). The maximum atomic E-state index is 12.1. The second-order valence-electron chi connectivity index (χ2n) is 4.99. The zero-order valence-electron chi connectivity index (χ0n) is 10.5. The average Bonchev–Trinajstić information content (AvgIpc) is 2.34. The third-order valence-corrected chi connectivity index (χ3v) is 4.21. The van der Waals surface area contributed by atoms with Gasteiger partial charge in [0.05, 0.1) is 16.5 Å². The minimum absolute atomic E-state index is 0.181. The first-order valence-electron chi connectivity index (χ1n) is 6.28. The lowest BCUT2D eigenvalue weighted by Crippen LogP contribution is -2.38. The van der Waals surface area contributed by atoms with Crippen molar-refractivity contribution in [1.82, 2.24) is 4.90 Å². The van der Waals surface area contributed by atoms with Crippen molar-refractivity contribution in [3.63, 3.8) is 0 Å². The van der Waals surface area contributed by atoms with Crippen LogP contribution in [-0.4, -0.2) is 23.9 Å². The fraction of sp³-hybridized carbons (Fsp3) is 0.500. The third-order valence-electron chi connectivity index (χ3n) is 3.48. The molecule has 0 aromatic heterocycles. The Hall–Kier alpha value is -0.730. The number of carbonyl (C=O) groups is 1. The first-order chi connectivity index (χ1) is 8.56. The number of benzene rings is 1. The van der Waals surface area contributed by atoms with E-state index in [0.717, 1.165) is 37.4 Å². The molecule has 0 bridgehead atoms. The molecule has 1 fully saturated rings. The molecule has 1 aromatic carbocycles. The van der Waals surface area contributed by atoms with Crippen molar-refractivity contribution < 1.29 is 4.79 Å². The standard InChI is InChI=1S/C14H17Cl2NO/c1-10-4-6-17(7-5-10)14(18)9-11-2-3-12(15)13(16)8-11/h2-3,8,10H,4-7,9H2,1H3. The number of carbonyl (C=O) groups excluding carboxylic acids is 1. The van der Waals surface area contributed by atoms with Crippen LogP contribution >= 0.6 is 23.2 Å². The molecule has 0 saturated carbocycles. The molecule has 1 aromatic rings. The van der Waals surface area contributed by atoms with E-state index in [0.29, 0.717) is 16.5 Å². The monoisotopic (exact) mass is 285 g/mol. The molecule has 18 heavy (non-hydrogen) atoms. The summed E-state index contributed by atoms with van der Waals surface area (Å²) in [5, 5.41) is 1.04. The highest BCUT2D eigenvalue weighted by Crippen LogP contribution is 2.23. The lowest BCUT2D eigenvalue weighted by Gasteiger charge is -2.30. The fourth-order valence-electron chi connectivity index (χ4n) is 2.19. The van der Waals surface area contributed by atoms with E-state index < -0.39 is 0 Å². The molecule has 1 aliphatic rings. The molecule has 0 unspecified atom stereocenters. The highest BCUT2D eigenvalue weighted by atomic mass is 35.5. The number of likely N-dealkylation sites (tertiary alicyclic amines) is 1. The number of piperidine rings is 1. The molecular weight excluding hydrogens is 269 g/mol. The number of rotatable bonds is 2. The largest absolute Gasteiger partial charge is 0.342 e. The Morgan fingerprint density at radius 2 is 1.94 bits per heavy atom. The van der Waals surface area contributed by atoms with Crippen LogP contribution in [0.3, 0.4) is 0 Å². The molecule has 2 nitrogen and oxygen atoms in total. The molecular formula is C14H17Cl2NO. The van der Waals surface area contributed by atoms with Crippen LogP contribution in [0.1, 0.15) is 25.3 Å². The second-order valence-corrected chi connectivity index (χ2v) is 5.80. The van der Waals surface area contributed by atoms with E-state index in [1.807, 2.05) is 11.0 Å². The van der Waals surface area contributed by atoms with E-state index >= 15 is 0 Å². The summed E-state index contributed by atoms with van der Waals surface area (Å²) in [6.07, 6.45) is 2.62. The van der Waals surface area contributed by atoms with Gasteiger partial charge in [0.1, 0.15) is 0 Å². The molecule has 1 amide bonds. The third kappa shape index (κ3) is 3.39. The Labute approximate surface area is 118 Å². The van der Waals surface area contributed by atoms with Gasteiger partial charge in [-0.15, -0.1) is 0 Å². The summed E-state index contributed by atoms with van der Waals surface area (Å²) >= 11 is 11.8. The molecule has 0 radical (unpaired) electrons. The Balaban J connectivity index is 1.96. The van der Waals surface area contributed by atoms with Crippen LogP contribution in [0.15, 0.2) is 18.2 Å². The van der Waals surface area contributed by atoms with Gasteiger partial charge >= 0.3 is 0 Å². The number of hydrogen-bond donors (Lipinski definition) is 0. The highest BCUT2D eigenvalue weighted by molar-refractivity contribution is 6.42. The molecule has 0 N–H and O–H groups in total. The maximum Gasteiger partial charge on any atom is 0.226 e. The summed E-state index contributed by atoms with van der Waals surface area (Å²) in [6.45, 7) is 3.99. The molecule has 4 heteroatoms. The SMILES string of the molecule is CC1CCN(C(=O)Cc2ccc(Cl)c(Cl)c2)CC1. The van der Waals surface area contributed by atoms with E-state index in [9.17, 15) is 4.79 Å². The average molecular weight is 286 g/mol. The van der Waals surface area contributed by atoms with Crippen LogP contribution in [0, 0.1) is 5.92 Å². The van der Waals surface area contributed by atoms with Crippen molar-refractivity contribution in [3.05, 3.63) is 33.8 Å². The van der Waals surface area contributed by atoms with Crippen molar-refractivity contribution in [2.24, 2.45) is 5.92 Å². The Kier molecular flexibility index (Phi) is 4.52. The van der Waals surface area contributed by atoms with Crippen molar-refractivity contribution in [3.8, 4) is 0 Å². The van der Waals surface area contributed by atoms with E-state index in [-0.39, 0.29) is 5.91 Å². The molecule has 98 valence electrons. The zero-order valence-corrected chi connectivity index (χ0v) is 12.0. The fourth-order valence-corrected chi connectivity index (χ4v) is 2.51. The lowest BCUT2D eigenvalue weighted by molar-refractivity contribution is -0.131. The summed E-state index contributed by atoms with van der Waals surface area (Å²) in [7, 11) is 0. The predicted octanol–water partition coefficient (Wildman–Crippen LogP) is 3.79. The van der Waals surface area contributed by atoms with Crippen LogP contribution in [0.2, 0.25) is 10.0 Å². The number of amides is 1. The van der Waals surface area contributed by atoms with Crippen LogP contribution in [0.4, 0.5) is 0 Å². The molecule has 1 saturated heterocycles. The zero-order chi connectivity index (χ0) is 13.1. The molecule has 0 atom stereocenters. The van der Waals surface area contributed by atoms with Gasteiger partial charge in [0, 0.05) is 13.1 Å². The quantitative estimate of drug-likeness (QED) is 0.810. The first kappa shape index (κ1) is 13.7. The van der Waals surface area contributed by atoms with Gasteiger partial charge in [0.15, 0.2) is 0 Å². The minimum atomic E-state index is 0.181. The second kappa shape index (κ2) is 5.94. The maximum absolute atomic E-state index is 12.1. The molecule has 1 aliphatic heterocycles. The number of nitrogens with zero attached hydrogens (tertiary/aromatic N) is 1. The van der Waals surface area contributed by atoms with Gasteiger partial charge in [0.25, 0.3) is 0 Å². The van der Waals surface area contributed by atoms with E-state index in [4.69, 9.17) is 23.2 Å². The summed E-state index contributed by atoms with van der Waals surface area (Å²) < 4.78 is 0. The van der Waals surface area contributed by atoms with E-state index in [2.05, 4.69) is 6.92 Å². The van der Waals surface area contributed by atoms with Gasteiger partial charge in [-0.05, 0) is 36.5 Å². The predicted molar refractivity (Wildman–Crippen MR) is 75.1 cm³/mol. The van der Waals surface area contributed by atoms with Crippen molar-refractivity contribution in [1.29, 1.82) is 0 Å².